The maximum atomic E-state index is 13.2. The summed E-state index contributed by atoms with van der Waals surface area (Å²) in [5, 5.41) is 7.96. The van der Waals surface area contributed by atoms with E-state index in [0.29, 0.717) is 11.1 Å². The molecule has 0 fully saturated rings. The Morgan fingerprint density at radius 1 is 0.593 bits per heavy atom. The number of allylic oxidation sites excluding steroid dienone is 2. The fraction of sp³-hybridized carbons (Fsp3) is 0.0588. The summed E-state index contributed by atoms with van der Waals surface area (Å²) in [6.07, 6.45) is 2.08. The number of ether oxygens (including phenoxy) is 2. The quantitative estimate of drug-likeness (QED) is 0.0599. The molecule has 2 aliphatic rings. The van der Waals surface area contributed by atoms with Gasteiger partial charge in [0.25, 0.3) is 0 Å². The van der Waals surface area contributed by atoms with E-state index in [0.717, 1.165) is 12.2 Å². The van der Waals surface area contributed by atoms with Crippen molar-refractivity contribution in [1.29, 1.82) is 0 Å². The molecule has 16 nitrogen and oxygen atoms in total. The number of nitrogens with one attached hydrogen (secondary N) is 2. The largest absolute Gasteiger partial charge is 1.00 e. The van der Waals surface area contributed by atoms with E-state index in [1.54, 1.807) is 24.3 Å². The van der Waals surface area contributed by atoms with Gasteiger partial charge in [0.2, 0.25) is 11.6 Å². The summed E-state index contributed by atoms with van der Waals surface area (Å²) in [5.41, 5.74) is 18.2. The number of rotatable bonds is 9. The van der Waals surface area contributed by atoms with Crippen LogP contribution in [0.25, 0.3) is 23.3 Å². The van der Waals surface area contributed by atoms with Crippen LogP contribution in [-0.2, 0) is 20.2 Å². The molecule has 20 heteroatoms. The number of hydrogen-bond donors (Lipinski definition) is 4. The number of anilines is 4. The van der Waals surface area contributed by atoms with Crippen LogP contribution in [0, 0.1) is 0 Å². The number of hydrazone groups is 2. The summed E-state index contributed by atoms with van der Waals surface area (Å²) < 4.78 is 83.4. The first-order valence-corrected chi connectivity index (χ1v) is 17.7. The topological polar surface area (TPSA) is 268 Å². The predicted molar refractivity (Wildman–Crippen MR) is 193 cm³/mol. The van der Waals surface area contributed by atoms with Gasteiger partial charge in [0.05, 0.1) is 35.4 Å². The summed E-state index contributed by atoms with van der Waals surface area (Å²) in [7, 11) is -7.49. The van der Waals surface area contributed by atoms with Crippen molar-refractivity contribution in [3.8, 4) is 22.6 Å². The fourth-order valence-corrected chi connectivity index (χ4v) is 6.76. The summed E-state index contributed by atoms with van der Waals surface area (Å²) in [6, 6.07) is 18.1. The number of nitrogens with two attached hydrogens (primary N) is 2. The normalized spacial score (nSPS) is 15.2. The number of fused-ring (bicyclic) bond motifs is 2. The minimum Gasteiger partial charge on any atom is -0.744 e. The second kappa shape index (κ2) is 16.6. The van der Waals surface area contributed by atoms with E-state index in [1.165, 1.54) is 62.8 Å². The molecule has 0 aliphatic heterocycles. The predicted octanol–water partition coefficient (Wildman–Crippen LogP) is -2.36. The van der Waals surface area contributed by atoms with E-state index >= 15 is 0 Å². The monoisotopic (exact) mass is 788 g/mol. The Balaban J connectivity index is 0.00000325. The Labute approximate surface area is 353 Å². The zero-order valence-corrected chi connectivity index (χ0v) is 34.7. The van der Waals surface area contributed by atoms with E-state index in [2.05, 4.69) is 21.1 Å². The molecule has 0 bridgehead atoms. The SMILES string of the molecule is COc1cc(-c2ccc(N/N=C3\C(=O)c4ccc(N)cc4C=C3S(=O)(=O)[O-])c(OC)c2)ccc1N/N=C1\C(=O)c2ccc(N)cc2C=C1S(=O)(=O)[O-].[Na+].[Na+]. The van der Waals surface area contributed by atoms with Gasteiger partial charge in [-0.1, -0.05) is 12.1 Å². The van der Waals surface area contributed by atoms with Gasteiger partial charge in [-0.2, -0.15) is 10.2 Å². The molecule has 4 aromatic rings. The third-order valence-electron chi connectivity index (χ3n) is 7.96. The molecule has 0 saturated carbocycles. The fourth-order valence-electron chi connectivity index (χ4n) is 5.46. The molecule has 0 amide bonds. The number of ketones is 2. The Kier molecular flexibility index (Phi) is 13.0. The third kappa shape index (κ3) is 8.63. The van der Waals surface area contributed by atoms with E-state index in [4.69, 9.17) is 20.9 Å². The van der Waals surface area contributed by atoms with E-state index in [-0.39, 0.29) is 116 Å². The van der Waals surface area contributed by atoms with Crippen LogP contribution in [0.15, 0.2) is 92.8 Å². The molecular formula is C34H26N6Na2O10S2. The molecule has 2 aliphatic carbocycles. The smallest absolute Gasteiger partial charge is 0.744 e. The Bertz CT molecular complexity index is 2400. The van der Waals surface area contributed by atoms with Crippen molar-refractivity contribution in [3.63, 3.8) is 0 Å². The van der Waals surface area contributed by atoms with Gasteiger partial charge in [-0.15, -0.1) is 0 Å². The number of methoxy groups -OCH3 is 2. The van der Waals surface area contributed by atoms with Gasteiger partial charge in [-0.05, 0) is 95.1 Å². The molecule has 0 spiro atoms. The van der Waals surface area contributed by atoms with Gasteiger partial charge in [-0.25, -0.2) is 16.8 Å². The van der Waals surface area contributed by atoms with Crippen molar-refractivity contribution in [1.82, 2.24) is 0 Å². The van der Waals surface area contributed by atoms with Crippen molar-refractivity contribution in [3.05, 3.63) is 105 Å². The summed E-state index contributed by atoms with van der Waals surface area (Å²) in [5.74, 6) is -1.16. The summed E-state index contributed by atoms with van der Waals surface area (Å²) in [4.78, 5) is 24.7. The van der Waals surface area contributed by atoms with Crippen molar-refractivity contribution in [2.75, 3.05) is 36.5 Å². The molecule has 4 aromatic carbocycles. The maximum absolute atomic E-state index is 13.2. The maximum Gasteiger partial charge on any atom is 1.00 e. The van der Waals surface area contributed by atoms with Crippen molar-refractivity contribution >= 4 is 78.1 Å². The van der Waals surface area contributed by atoms with E-state index in [9.17, 15) is 35.5 Å². The summed E-state index contributed by atoms with van der Waals surface area (Å²) >= 11 is 0. The number of carbonyl (C=O) groups is 2. The van der Waals surface area contributed by atoms with E-state index < -0.39 is 53.0 Å². The Morgan fingerprint density at radius 2 is 0.963 bits per heavy atom. The first-order valence-electron chi connectivity index (χ1n) is 14.9. The van der Waals surface area contributed by atoms with Crippen LogP contribution in [0.3, 0.4) is 0 Å². The van der Waals surface area contributed by atoms with Crippen LogP contribution >= 0.6 is 0 Å². The van der Waals surface area contributed by atoms with Gasteiger partial charge in [0.1, 0.15) is 43.2 Å². The summed E-state index contributed by atoms with van der Waals surface area (Å²) in [6.45, 7) is 0. The van der Waals surface area contributed by atoms with Crippen molar-refractivity contribution < 1.29 is 104 Å². The second-order valence-corrected chi connectivity index (χ2v) is 13.9. The van der Waals surface area contributed by atoms with Crippen molar-refractivity contribution in [2.24, 2.45) is 10.2 Å². The Hall–Kier alpha value is -4.34. The average molecular weight is 789 g/mol. The Morgan fingerprint density at radius 3 is 1.30 bits per heavy atom. The van der Waals surface area contributed by atoms with Gasteiger partial charge in [0, 0.05) is 22.5 Å². The molecule has 54 heavy (non-hydrogen) atoms. The first-order chi connectivity index (χ1) is 24.6. The molecule has 0 atom stereocenters. The van der Waals surface area contributed by atoms with Crippen LogP contribution in [0.4, 0.5) is 22.7 Å². The number of benzene rings is 4. The number of carbonyl (C=O) groups excluding carboxylic acids is 2. The molecule has 0 aromatic heterocycles. The number of nitrogen functional groups attached to an aromatic ring is 2. The zero-order valence-electron chi connectivity index (χ0n) is 29.0. The molecule has 6 N–H and O–H groups in total. The molecular weight excluding hydrogens is 763 g/mol. The third-order valence-corrected chi connectivity index (χ3v) is 9.66. The van der Waals surface area contributed by atoms with Gasteiger partial charge in [0.15, 0.2) is 0 Å². The van der Waals surface area contributed by atoms with Crippen LogP contribution in [0.5, 0.6) is 11.5 Å². The van der Waals surface area contributed by atoms with E-state index in [1.807, 2.05) is 0 Å². The van der Waals surface area contributed by atoms with Crippen LogP contribution in [-0.4, -0.2) is 63.2 Å². The number of nitrogens with zero attached hydrogens (tertiary/aromatic N) is 2. The minimum absolute atomic E-state index is 0. The standard InChI is InChI=1S/C34H28N6O10S2.2Na/c1-49-27-13-17(3-9-25(27)37-39-31-29(51(43,44)45)15-19-11-21(35)5-7-23(19)33(31)41)18-4-10-26(28(14-18)50-2)38-40-32-30(52(46,47)48)16-20-12-22(36)6-8-24(20)34(32)42;;/h3-16,37-38H,35-36H2,1-2H3,(H,43,44,45)(H,46,47,48);;/q;2*+1/p-2/b39-31-,40-32-;;. The minimum atomic E-state index is -5.11. The second-order valence-electron chi connectivity index (χ2n) is 11.3. The molecule has 0 heterocycles. The molecule has 0 saturated heterocycles. The average Bonchev–Trinajstić information content (AvgIpc) is 3.09. The zero-order chi connectivity index (χ0) is 37.5. The van der Waals surface area contributed by atoms with Gasteiger partial charge < -0.3 is 30.0 Å². The molecule has 0 radical (unpaired) electrons. The van der Waals surface area contributed by atoms with Crippen LogP contribution in [0.2, 0.25) is 0 Å². The molecule has 6 rings (SSSR count). The first kappa shape index (κ1) is 42.4. The number of Topliss-reactive ketones (excluding diaryl/α,β-unsaturated/α-hetero) is 2. The van der Waals surface area contributed by atoms with Crippen molar-refractivity contribution in [2.45, 2.75) is 0 Å². The van der Waals surface area contributed by atoms with Gasteiger partial charge >= 0.3 is 59.1 Å². The van der Waals surface area contributed by atoms with Crippen LogP contribution in [0.1, 0.15) is 31.8 Å². The van der Waals surface area contributed by atoms with Crippen LogP contribution < -0.4 is 90.9 Å². The van der Waals surface area contributed by atoms with Gasteiger partial charge in [-0.3, -0.25) is 20.4 Å². The molecule has 266 valence electrons. The number of hydrogen-bond acceptors (Lipinski definition) is 16. The molecule has 0 unspecified atom stereocenters.